The van der Waals surface area contributed by atoms with E-state index in [9.17, 15) is 0 Å². The van der Waals surface area contributed by atoms with Crippen molar-refractivity contribution in [3.63, 3.8) is 0 Å². The number of halogens is 1. The zero-order valence-electron chi connectivity index (χ0n) is 11.3. The van der Waals surface area contributed by atoms with Gasteiger partial charge in [-0.05, 0) is 35.4 Å². The quantitative estimate of drug-likeness (QED) is 0.786. The van der Waals surface area contributed by atoms with Crippen LogP contribution in [0.5, 0.6) is 0 Å². The van der Waals surface area contributed by atoms with Gasteiger partial charge in [-0.15, -0.1) is 0 Å². The van der Waals surface area contributed by atoms with Gasteiger partial charge in [0.15, 0.2) is 5.82 Å². The molecule has 0 atom stereocenters. The molecule has 0 bridgehead atoms. The molecule has 106 valence electrons. The Morgan fingerprint density at radius 3 is 2.62 bits per heavy atom. The van der Waals surface area contributed by atoms with Crippen molar-refractivity contribution >= 4 is 15.9 Å². The second-order valence-electron chi connectivity index (χ2n) is 4.72. The second kappa shape index (κ2) is 6.20. The van der Waals surface area contributed by atoms with Gasteiger partial charge < -0.3 is 10.3 Å². The predicted octanol–water partition coefficient (Wildman–Crippen LogP) is 3.55. The molecule has 0 saturated heterocycles. The average Bonchev–Trinajstić information content (AvgIpc) is 2.98. The van der Waals surface area contributed by atoms with Crippen LogP contribution >= 0.6 is 15.9 Å². The Labute approximate surface area is 131 Å². The molecule has 2 N–H and O–H groups in total. The third-order valence-electron chi connectivity index (χ3n) is 3.15. The van der Waals surface area contributed by atoms with E-state index in [2.05, 4.69) is 26.1 Å². The van der Waals surface area contributed by atoms with E-state index in [-0.39, 0.29) is 0 Å². The lowest BCUT2D eigenvalue weighted by Crippen LogP contribution is -1.95. The summed E-state index contributed by atoms with van der Waals surface area (Å²) in [5.74, 6) is 1.20. The van der Waals surface area contributed by atoms with Crippen molar-refractivity contribution in [1.29, 1.82) is 0 Å². The number of nitrogens with two attached hydrogens (primary N) is 1. The molecule has 2 aromatic carbocycles. The Bertz CT molecular complexity index is 737. The molecule has 0 aliphatic carbocycles. The van der Waals surface area contributed by atoms with Gasteiger partial charge in [0.2, 0.25) is 0 Å². The van der Waals surface area contributed by atoms with E-state index in [1.807, 2.05) is 48.5 Å². The lowest BCUT2D eigenvalue weighted by Gasteiger charge is -1.98. The Hall–Kier alpha value is -1.98. The third-order valence-corrected chi connectivity index (χ3v) is 3.68. The van der Waals surface area contributed by atoms with Crippen LogP contribution in [0.25, 0.3) is 11.5 Å². The molecule has 0 aliphatic rings. The molecule has 0 radical (unpaired) electrons. The highest BCUT2D eigenvalue weighted by molar-refractivity contribution is 9.10. The van der Waals surface area contributed by atoms with Gasteiger partial charge in [0.25, 0.3) is 5.89 Å². The van der Waals surface area contributed by atoms with Crippen LogP contribution in [-0.2, 0) is 13.0 Å². The summed E-state index contributed by atoms with van der Waals surface area (Å²) in [4.78, 5) is 4.44. The number of nitrogens with zero attached hydrogens (tertiary/aromatic N) is 2. The number of aromatic nitrogens is 2. The van der Waals surface area contributed by atoms with E-state index in [4.69, 9.17) is 10.3 Å². The van der Waals surface area contributed by atoms with E-state index in [0.717, 1.165) is 21.2 Å². The highest BCUT2D eigenvalue weighted by atomic mass is 79.9. The average molecular weight is 344 g/mol. The highest BCUT2D eigenvalue weighted by Gasteiger charge is 2.09. The Kier molecular flexibility index (Phi) is 4.13. The molecule has 5 heteroatoms. The van der Waals surface area contributed by atoms with Crippen molar-refractivity contribution in [2.75, 3.05) is 0 Å². The fraction of sp³-hybridized carbons (Fsp3) is 0.125. The smallest absolute Gasteiger partial charge is 0.257 e. The van der Waals surface area contributed by atoms with E-state index >= 15 is 0 Å². The fourth-order valence-corrected chi connectivity index (χ4v) is 2.32. The first-order chi connectivity index (χ1) is 10.2. The van der Waals surface area contributed by atoms with E-state index in [1.54, 1.807) is 0 Å². The Morgan fingerprint density at radius 1 is 1.05 bits per heavy atom. The molecular formula is C16H14BrN3O. The van der Waals surface area contributed by atoms with Crippen molar-refractivity contribution in [3.8, 4) is 11.5 Å². The largest absolute Gasteiger partial charge is 0.334 e. The monoisotopic (exact) mass is 343 g/mol. The van der Waals surface area contributed by atoms with E-state index in [0.29, 0.717) is 24.7 Å². The lowest BCUT2D eigenvalue weighted by atomic mass is 10.1. The summed E-state index contributed by atoms with van der Waals surface area (Å²) in [6, 6.07) is 15.9. The summed E-state index contributed by atoms with van der Waals surface area (Å²) in [5, 5.41) is 4.04. The first kappa shape index (κ1) is 14.0. The first-order valence-corrected chi connectivity index (χ1v) is 7.40. The highest BCUT2D eigenvalue weighted by Crippen LogP contribution is 2.19. The van der Waals surface area contributed by atoms with Crippen LogP contribution in [0.2, 0.25) is 0 Å². The van der Waals surface area contributed by atoms with Crippen LogP contribution in [-0.4, -0.2) is 10.1 Å². The fourth-order valence-electron chi connectivity index (χ4n) is 2.06. The van der Waals surface area contributed by atoms with Crippen LogP contribution in [0.1, 0.15) is 17.0 Å². The van der Waals surface area contributed by atoms with Crippen molar-refractivity contribution < 1.29 is 4.52 Å². The van der Waals surface area contributed by atoms with Crippen molar-refractivity contribution in [2.45, 2.75) is 13.0 Å². The summed E-state index contributed by atoms with van der Waals surface area (Å²) in [6.07, 6.45) is 0.646. The molecule has 4 nitrogen and oxygen atoms in total. The zero-order chi connectivity index (χ0) is 14.7. The van der Waals surface area contributed by atoms with Gasteiger partial charge in [-0.2, -0.15) is 4.98 Å². The Morgan fingerprint density at radius 2 is 1.86 bits per heavy atom. The van der Waals surface area contributed by atoms with Gasteiger partial charge in [0.05, 0.1) is 0 Å². The van der Waals surface area contributed by atoms with Crippen LogP contribution in [0.15, 0.2) is 57.5 Å². The minimum absolute atomic E-state index is 0.494. The van der Waals surface area contributed by atoms with Gasteiger partial charge in [0, 0.05) is 23.0 Å². The summed E-state index contributed by atoms with van der Waals surface area (Å²) in [7, 11) is 0. The standard InChI is InChI=1S/C16H14BrN3O/c17-14-6-4-11(5-7-14)9-15-19-16(21-20-15)13-3-1-2-12(8-13)10-18/h1-8H,9-10,18H2. The molecular weight excluding hydrogens is 330 g/mol. The van der Waals surface area contributed by atoms with Crippen molar-refractivity contribution in [2.24, 2.45) is 5.73 Å². The van der Waals surface area contributed by atoms with Crippen molar-refractivity contribution in [1.82, 2.24) is 10.1 Å². The number of rotatable bonds is 4. The molecule has 0 saturated carbocycles. The summed E-state index contributed by atoms with van der Waals surface area (Å²) >= 11 is 3.42. The number of hydrogen-bond acceptors (Lipinski definition) is 4. The van der Waals surface area contributed by atoms with Gasteiger partial charge >= 0.3 is 0 Å². The second-order valence-corrected chi connectivity index (χ2v) is 5.64. The SMILES string of the molecule is NCc1cccc(-c2nc(Cc3ccc(Br)cc3)no2)c1. The number of benzene rings is 2. The maximum Gasteiger partial charge on any atom is 0.257 e. The molecule has 0 unspecified atom stereocenters. The molecule has 3 rings (SSSR count). The van der Waals surface area contributed by atoms with Crippen molar-refractivity contribution in [3.05, 3.63) is 70.0 Å². The van der Waals surface area contributed by atoms with Crippen LogP contribution in [0.4, 0.5) is 0 Å². The van der Waals surface area contributed by atoms with Gasteiger partial charge in [-0.25, -0.2) is 0 Å². The number of hydrogen-bond donors (Lipinski definition) is 1. The van der Waals surface area contributed by atoms with Gasteiger partial charge in [-0.1, -0.05) is 45.4 Å². The van der Waals surface area contributed by atoms with E-state index < -0.39 is 0 Å². The first-order valence-electron chi connectivity index (χ1n) is 6.61. The maximum atomic E-state index is 5.65. The summed E-state index contributed by atoms with van der Waals surface area (Å²) < 4.78 is 6.39. The van der Waals surface area contributed by atoms with Crippen LogP contribution in [0, 0.1) is 0 Å². The van der Waals surface area contributed by atoms with Gasteiger partial charge in [0.1, 0.15) is 0 Å². The lowest BCUT2D eigenvalue weighted by molar-refractivity contribution is 0.424. The third kappa shape index (κ3) is 3.37. The molecule has 21 heavy (non-hydrogen) atoms. The molecule has 1 heterocycles. The topological polar surface area (TPSA) is 64.9 Å². The predicted molar refractivity (Wildman–Crippen MR) is 84.6 cm³/mol. The molecule has 0 amide bonds. The minimum atomic E-state index is 0.494. The Balaban J connectivity index is 1.81. The maximum absolute atomic E-state index is 5.65. The molecule has 0 aliphatic heterocycles. The van der Waals surface area contributed by atoms with Crippen LogP contribution < -0.4 is 5.73 Å². The normalized spacial score (nSPS) is 10.8. The van der Waals surface area contributed by atoms with E-state index in [1.165, 1.54) is 0 Å². The summed E-state index contributed by atoms with van der Waals surface area (Å²) in [6.45, 7) is 0.494. The van der Waals surface area contributed by atoms with Gasteiger partial charge in [-0.3, -0.25) is 0 Å². The summed E-state index contributed by atoms with van der Waals surface area (Å²) in [5.41, 5.74) is 8.72. The minimum Gasteiger partial charge on any atom is -0.334 e. The molecule has 0 fully saturated rings. The zero-order valence-corrected chi connectivity index (χ0v) is 12.9. The molecule has 1 aromatic heterocycles. The van der Waals surface area contributed by atoms with Crippen LogP contribution in [0.3, 0.4) is 0 Å². The molecule has 3 aromatic rings. The molecule has 0 spiro atoms.